The van der Waals surface area contributed by atoms with Crippen LogP contribution in [0.3, 0.4) is 0 Å². The molecule has 0 saturated carbocycles. The fourth-order valence-electron chi connectivity index (χ4n) is 2.91. The summed E-state index contributed by atoms with van der Waals surface area (Å²) in [4.78, 5) is 14.2. The maximum Gasteiger partial charge on any atom is 0.250 e. The van der Waals surface area contributed by atoms with Crippen molar-refractivity contribution in [3.63, 3.8) is 0 Å². The number of para-hydroxylation sites is 1. The van der Waals surface area contributed by atoms with Crippen molar-refractivity contribution in [1.82, 2.24) is 4.57 Å². The van der Waals surface area contributed by atoms with Gasteiger partial charge in [-0.1, -0.05) is 18.2 Å². The number of nitrogens with zero attached hydrogens (tertiary/aromatic N) is 2. The van der Waals surface area contributed by atoms with Crippen molar-refractivity contribution in [1.29, 1.82) is 0 Å². The first-order chi connectivity index (χ1) is 9.65. The van der Waals surface area contributed by atoms with Gasteiger partial charge in [-0.05, 0) is 31.0 Å². The SMILES string of the molecule is CC1Cc2ccccc2N1CCn1cc(N)ccc1=O. The monoisotopic (exact) mass is 269 g/mol. The molecule has 0 saturated heterocycles. The fraction of sp³-hybridized carbons (Fsp3) is 0.312. The number of fused-ring (bicyclic) bond motifs is 1. The molecule has 1 aromatic carbocycles. The summed E-state index contributed by atoms with van der Waals surface area (Å²) in [6, 6.07) is 12.1. The first-order valence-electron chi connectivity index (χ1n) is 6.95. The molecule has 1 aliphatic rings. The van der Waals surface area contributed by atoms with Crippen LogP contribution in [0.25, 0.3) is 0 Å². The number of hydrogen-bond donors (Lipinski definition) is 1. The Kier molecular flexibility index (Phi) is 3.22. The predicted octanol–water partition coefficient (Wildman–Crippen LogP) is 1.88. The summed E-state index contributed by atoms with van der Waals surface area (Å²) >= 11 is 0. The highest BCUT2D eigenvalue weighted by Gasteiger charge is 2.24. The van der Waals surface area contributed by atoms with Crippen molar-refractivity contribution >= 4 is 11.4 Å². The Labute approximate surface area is 118 Å². The van der Waals surface area contributed by atoms with Crippen molar-refractivity contribution in [2.75, 3.05) is 17.2 Å². The largest absolute Gasteiger partial charge is 0.398 e. The first-order valence-corrected chi connectivity index (χ1v) is 6.95. The predicted molar refractivity (Wildman–Crippen MR) is 82.1 cm³/mol. The molecule has 1 aliphatic heterocycles. The standard InChI is InChI=1S/C16H19N3O/c1-12-10-13-4-2-3-5-15(13)19(12)9-8-18-11-14(17)6-7-16(18)20/h2-7,11-12H,8-10,17H2,1H3. The van der Waals surface area contributed by atoms with Crippen molar-refractivity contribution in [3.8, 4) is 0 Å². The molecule has 4 nitrogen and oxygen atoms in total. The lowest BCUT2D eigenvalue weighted by molar-refractivity contribution is 0.598. The van der Waals surface area contributed by atoms with Gasteiger partial charge in [-0.3, -0.25) is 4.79 Å². The highest BCUT2D eigenvalue weighted by atomic mass is 16.1. The van der Waals surface area contributed by atoms with Gasteiger partial charge in [0, 0.05) is 42.8 Å². The lowest BCUT2D eigenvalue weighted by Gasteiger charge is -2.25. The normalized spacial score (nSPS) is 17.2. The van der Waals surface area contributed by atoms with Gasteiger partial charge in [-0.15, -0.1) is 0 Å². The maximum atomic E-state index is 11.8. The van der Waals surface area contributed by atoms with Gasteiger partial charge in [-0.25, -0.2) is 0 Å². The van der Waals surface area contributed by atoms with E-state index in [9.17, 15) is 4.79 Å². The van der Waals surface area contributed by atoms with Gasteiger partial charge in [0.25, 0.3) is 5.56 Å². The van der Waals surface area contributed by atoms with Gasteiger partial charge in [0.1, 0.15) is 0 Å². The Bertz CT molecular complexity index is 677. The van der Waals surface area contributed by atoms with Crippen LogP contribution in [-0.4, -0.2) is 17.2 Å². The minimum atomic E-state index is -0.000616. The number of pyridine rings is 1. The molecular weight excluding hydrogens is 250 g/mol. The van der Waals surface area contributed by atoms with Gasteiger partial charge >= 0.3 is 0 Å². The lowest BCUT2D eigenvalue weighted by atomic mass is 10.1. The maximum absolute atomic E-state index is 11.8. The second-order valence-electron chi connectivity index (χ2n) is 5.37. The van der Waals surface area contributed by atoms with Crippen molar-refractivity contribution in [2.24, 2.45) is 0 Å². The number of benzene rings is 1. The van der Waals surface area contributed by atoms with E-state index < -0.39 is 0 Å². The van der Waals surface area contributed by atoms with Crippen LogP contribution in [0.4, 0.5) is 11.4 Å². The van der Waals surface area contributed by atoms with Crippen LogP contribution < -0.4 is 16.2 Å². The molecule has 0 bridgehead atoms. The summed E-state index contributed by atoms with van der Waals surface area (Å²) in [7, 11) is 0. The number of rotatable bonds is 3. The Balaban J connectivity index is 1.79. The second-order valence-corrected chi connectivity index (χ2v) is 5.37. The Hall–Kier alpha value is -2.23. The Morgan fingerprint density at radius 1 is 1.20 bits per heavy atom. The van der Waals surface area contributed by atoms with Gasteiger partial charge in [0.15, 0.2) is 0 Å². The number of nitrogen functional groups attached to an aromatic ring is 1. The van der Waals surface area contributed by atoms with E-state index in [4.69, 9.17) is 5.73 Å². The minimum Gasteiger partial charge on any atom is -0.398 e. The van der Waals surface area contributed by atoms with Crippen LogP contribution in [0, 0.1) is 0 Å². The molecule has 1 atom stereocenters. The molecule has 1 aromatic heterocycles. The molecule has 2 N–H and O–H groups in total. The molecule has 0 spiro atoms. The molecule has 104 valence electrons. The third kappa shape index (κ3) is 2.29. The molecular formula is C16H19N3O. The van der Waals surface area contributed by atoms with E-state index in [1.807, 2.05) is 0 Å². The van der Waals surface area contributed by atoms with Crippen LogP contribution in [-0.2, 0) is 13.0 Å². The summed E-state index contributed by atoms with van der Waals surface area (Å²) in [6.07, 6.45) is 2.79. The number of anilines is 2. The number of nitrogens with two attached hydrogens (primary N) is 1. The molecule has 3 rings (SSSR count). The highest BCUT2D eigenvalue weighted by Crippen LogP contribution is 2.31. The summed E-state index contributed by atoms with van der Waals surface area (Å²) in [5, 5.41) is 0. The zero-order chi connectivity index (χ0) is 14.1. The zero-order valence-electron chi connectivity index (χ0n) is 11.6. The van der Waals surface area contributed by atoms with Gasteiger partial charge in [0.2, 0.25) is 0 Å². The van der Waals surface area contributed by atoms with Crippen LogP contribution in [0.5, 0.6) is 0 Å². The van der Waals surface area contributed by atoms with E-state index in [-0.39, 0.29) is 5.56 Å². The third-order valence-corrected chi connectivity index (χ3v) is 3.94. The quantitative estimate of drug-likeness (QED) is 0.925. The fourth-order valence-corrected chi connectivity index (χ4v) is 2.91. The Morgan fingerprint density at radius 2 is 2.00 bits per heavy atom. The van der Waals surface area contributed by atoms with Crippen molar-refractivity contribution < 1.29 is 0 Å². The van der Waals surface area contributed by atoms with E-state index in [0.717, 1.165) is 13.0 Å². The highest BCUT2D eigenvalue weighted by molar-refractivity contribution is 5.59. The van der Waals surface area contributed by atoms with Crippen LogP contribution in [0.15, 0.2) is 47.4 Å². The Morgan fingerprint density at radius 3 is 2.85 bits per heavy atom. The summed E-state index contributed by atoms with van der Waals surface area (Å²) in [5.41, 5.74) is 9.04. The summed E-state index contributed by atoms with van der Waals surface area (Å²) < 4.78 is 1.68. The van der Waals surface area contributed by atoms with Crippen LogP contribution >= 0.6 is 0 Å². The number of aromatic nitrogens is 1. The smallest absolute Gasteiger partial charge is 0.250 e. The van der Waals surface area contributed by atoms with Crippen LogP contribution in [0.2, 0.25) is 0 Å². The van der Waals surface area contributed by atoms with Crippen molar-refractivity contribution in [2.45, 2.75) is 25.9 Å². The molecule has 0 fully saturated rings. The lowest BCUT2D eigenvalue weighted by Crippen LogP contribution is -2.34. The molecule has 1 unspecified atom stereocenters. The molecule has 2 heterocycles. The van der Waals surface area contributed by atoms with Gasteiger partial charge in [-0.2, -0.15) is 0 Å². The van der Waals surface area contributed by atoms with E-state index >= 15 is 0 Å². The molecule has 0 radical (unpaired) electrons. The van der Waals surface area contributed by atoms with Gasteiger partial charge < -0.3 is 15.2 Å². The average molecular weight is 269 g/mol. The molecule has 0 aliphatic carbocycles. The summed E-state index contributed by atoms with van der Waals surface area (Å²) in [5.74, 6) is 0. The second kappa shape index (κ2) is 5.04. The first kappa shape index (κ1) is 12.8. The van der Waals surface area contributed by atoms with E-state index in [1.165, 1.54) is 17.3 Å². The summed E-state index contributed by atoms with van der Waals surface area (Å²) in [6.45, 7) is 3.70. The molecule has 0 amide bonds. The molecule has 2 aromatic rings. The van der Waals surface area contributed by atoms with E-state index in [2.05, 4.69) is 36.1 Å². The van der Waals surface area contributed by atoms with Crippen molar-refractivity contribution in [3.05, 3.63) is 58.5 Å². The van der Waals surface area contributed by atoms with Crippen LogP contribution in [0.1, 0.15) is 12.5 Å². The third-order valence-electron chi connectivity index (χ3n) is 3.94. The van der Waals surface area contributed by atoms with Gasteiger partial charge in [0.05, 0.1) is 0 Å². The number of hydrogen-bond acceptors (Lipinski definition) is 3. The van der Waals surface area contributed by atoms with E-state index in [1.54, 1.807) is 16.8 Å². The zero-order valence-corrected chi connectivity index (χ0v) is 11.6. The molecule has 20 heavy (non-hydrogen) atoms. The molecule has 4 heteroatoms. The topological polar surface area (TPSA) is 51.3 Å². The minimum absolute atomic E-state index is 0.000616. The average Bonchev–Trinajstić information content (AvgIpc) is 2.75. The van der Waals surface area contributed by atoms with E-state index in [0.29, 0.717) is 18.3 Å².